The third-order valence-corrected chi connectivity index (χ3v) is 8.14. The molecule has 182 valence electrons. The zero-order valence-electron chi connectivity index (χ0n) is 19.7. The lowest BCUT2D eigenvalue weighted by Gasteiger charge is -2.35. The highest BCUT2D eigenvalue weighted by atomic mass is 32.2. The second-order valence-corrected chi connectivity index (χ2v) is 10.4. The predicted molar refractivity (Wildman–Crippen MR) is 138 cm³/mol. The molecule has 1 fully saturated rings. The number of amides is 2. The molecule has 0 saturated heterocycles. The lowest BCUT2D eigenvalue weighted by atomic mass is 9.75. The number of nitrogens with zero attached hydrogens (tertiary/aromatic N) is 1. The average Bonchev–Trinajstić information content (AvgIpc) is 2.87. The zero-order chi connectivity index (χ0) is 24.4. The van der Waals surface area contributed by atoms with Crippen molar-refractivity contribution in [2.75, 3.05) is 23.5 Å². The number of aromatic nitrogens is 1. The molecular formula is C27H29N3O4S. The summed E-state index contributed by atoms with van der Waals surface area (Å²) >= 11 is 1.50. The van der Waals surface area contributed by atoms with E-state index in [2.05, 4.69) is 15.6 Å². The average molecular weight is 492 g/mol. The molecule has 2 amide bonds. The molecule has 1 saturated carbocycles. The Balaban J connectivity index is 1.18. The van der Waals surface area contributed by atoms with E-state index in [4.69, 9.17) is 4.74 Å². The Hall–Kier alpha value is -3.10. The van der Waals surface area contributed by atoms with Crippen LogP contribution in [0.2, 0.25) is 0 Å². The fourth-order valence-corrected chi connectivity index (χ4v) is 5.76. The summed E-state index contributed by atoms with van der Waals surface area (Å²) in [6, 6.07) is 13.5. The molecule has 5 rings (SSSR count). The highest BCUT2D eigenvalue weighted by Gasteiger charge is 2.35. The van der Waals surface area contributed by atoms with Crippen molar-refractivity contribution in [2.45, 2.75) is 49.0 Å². The van der Waals surface area contributed by atoms with Gasteiger partial charge in [0.1, 0.15) is 5.75 Å². The van der Waals surface area contributed by atoms with Crippen LogP contribution in [-0.2, 0) is 16.0 Å². The number of aryl methyl sites for hydroxylation is 1. The van der Waals surface area contributed by atoms with E-state index in [0.717, 1.165) is 39.2 Å². The van der Waals surface area contributed by atoms with Gasteiger partial charge in [0.15, 0.2) is 0 Å². The number of methoxy groups -OCH3 is 1. The van der Waals surface area contributed by atoms with Crippen LogP contribution in [0.4, 0.5) is 11.4 Å². The molecule has 0 bridgehead atoms. The summed E-state index contributed by atoms with van der Waals surface area (Å²) in [7, 11) is 1.65. The van der Waals surface area contributed by atoms with Crippen molar-refractivity contribution in [3.8, 4) is 5.75 Å². The van der Waals surface area contributed by atoms with Crippen LogP contribution < -0.4 is 15.4 Å². The van der Waals surface area contributed by atoms with Crippen LogP contribution in [0.1, 0.15) is 37.7 Å². The van der Waals surface area contributed by atoms with Gasteiger partial charge in [-0.25, -0.2) is 0 Å². The Kier molecular flexibility index (Phi) is 6.67. The Labute approximate surface area is 208 Å². The summed E-state index contributed by atoms with van der Waals surface area (Å²) in [4.78, 5) is 30.0. The van der Waals surface area contributed by atoms with Crippen molar-refractivity contribution >= 4 is 45.9 Å². The summed E-state index contributed by atoms with van der Waals surface area (Å²) in [6.45, 7) is 0. The summed E-state index contributed by atoms with van der Waals surface area (Å²) < 4.78 is 5.37. The SMILES string of the molecule is COc1ccc2nccc(CCC3(O)CCC(C(=O)Nc4ccc5c(c4)NC(=O)CS5)CC3)c2c1. The third kappa shape index (κ3) is 5.28. The number of ether oxygens (including phenoxy) is 1. The van der Waals surface area contributed by atoms with Crippen LogP contribution in [0.5, 0.6) is 5.75 Å². The normalized spacial score (nSPS) is 21.8. The highest BCUT2D eigenvalue weighted by molar-refractivity contribution is 8.00. The molecule has 0 atom stereocenters. The molecule has 7 nitrogen and oxygen atoms in total. The fraction of sp³-hybridized carbons (Fsp3) is 0.370. The van der Waals surface area contributed by atoms with E-state index in [1.807, 2.05) is 42.5 Å². The van der Waals surface area contributed by atoms with Gasteiger partial charge in [-0.3, -0.25) is 14.6 Å². The van der Waals surface area contributed by atoms with E-state index >= 15 is 0 Å². The first kappa shape index (κ1) is 23.6. The predicted octanol–water partition coefficient (Wildman–Crippen LogP) is 4.78. The van der Waals surface area contributed by atoms with E-state index in [9.17, 15) is 14.7 Å². The minimum absolute atomic E-state index is 0.0311. The number of anilines is 2. The van der Waals surface area contributed by atoms with Gasteiger partial charge in [0.25, 0.3) is 0 Å². The van der Waals surface area contributed by atoms with Crippen LogP contribution >= 0.6 is 11.8 Å². The van der Waals surface area contributed by atoms with Crippen molar-refractivity contribution in [3.63, 3.8) is 0 Å². The van der Waals surface area contributed by atoms with Crippen molar-refractivity contribution < 1.29 is 19.4 Å². The number of benzene rings is 2. The zero-order valence-corrected chi connectivity index (χ0v) is 20.5. The van der Waals surface area contributed by atoms with Gasteiger partial charge in [-0.1, -0.05) is 0 Å². The summed E-state index contributed by atoms with van der Waals surface area (Å²) in [5.74, 6) is 0.999. The van der Waals surface area contributed by atoms with E-state index in [1.54, 1.807) is 13.3 Å². The van der Waals surface area contributed by atoms with Gasteiger partial charge in [-0.2, -0.15) is 0 Å². The number of hydrogen-bond donors (Lipinski definition) is 3. The number of carbonyl (C=O) groups is 2. The summed E-state index contributed by atoms with van der Waals surface area (Å²) in [5.41, 5.74) is 2.69. The Morgan fingerprint density at radius 1 is 1.23 bits per heavy atom. The quantitative estimate of drug-likeness (QED) is 0.459. The largest absolute Gasteiger partial charge is 0.497 e. The maximum absolute atomic E-state index is 12.9. The Morgan fingerprint density at radius 2 is 2.06 bits per heavy atom. The number of hydrogen-bond acceptors (Lipinski definition) is 6. The fourth-order valence-electron chi connectivity index (χ4n) is 4.97. The summed E-state index contributed by atoms with van der Waals surface area (Å²) in [5, 5.41) is 18.1. The van der Waals surface area contributed by atoms with Crippen LogP contribution in [0, 0.1) is 5.92 Å². The van der Waals surface area contributed by atoms with Gasteiger partial charge in [0.2, 0.25) is 11.8 Å². The lowest BCUT2D eigenvalue weighted by molar-refractivity contribution is -0.122. The van der Waals surface area contributed by atoms with Gasteiger partial charge in [-0.05, 0) is 86.6 Å². The van der Waals surface area contributed by atoms with Gasteiger partial charge in [0, 0.05) is 28.1 Å². The van der Waals surface area contributed by atoms with Gasteiger partial charge < -0.3 is 20.5 Å². The molecular weight excluding hydrogens is 462 g/mol. The van der Waals surface area contributed by atoms with Crippen LogP contribution in [-0.4, -0.2) is 40.4 Å². The highest BCUT2D eigenvalue weighted by Crippen LogP contribution is 2.37. The second kappa shape index (κ2) is 9.87. The van der Waals surface area contributed by atoms with Gasteiger partial charge >= 0.3 is 0 Å². The molecule has 1 aliphatic carbocycles. The number of nitrogens with one attached hydrogen (secondary N) is 2. The topological polar surface area (TPSA) is 101 Å². The van der Waals surface area contributed by atoms with E-state index in [0.29, 0.717) is 43.5 Å². The smallest absolute Gasteiger partial charge is 0.234 e. The van der Waals surface area contributed by atoms with Crippen molar-refractivity contribution in [1.82, 2.24) is 4.98 Å². The number of thioether (sulfide) groups is 1. The van der Waals surface area contributed by atoms with Gasteiger partial charge in [0.05, 0.1) is 29.7 Å². The Bertz CT molecular complexity index is 1270. The lowest BCUT2D eigenvalue weighted by Crippen LogP contribution is -2.38. The molecule has 0 unspecified atom stereocenters. The molecule has 2 aromatic carbocycles. The molecule has 8 heteroatoms. The molecule has 2 aliphatic rings. The third-order valence-electron chi connectivity index (χ3n) is 7.07. The first-order chi connectivity index (χ1) is 16.9. The van der Waals surface area contributed by atoms with Crippen LogP contribution in [0.15, 0.2) is 53.6 Å². The number of carbonyl (C=O) groups excluding carboxylic acids is 2. The molecule has 35 heavy (non-hydrogen) atoms. The minimum atomic E-state index is -0.779. The first-order valence-corrected chi connectivity index (χ1v) is 12.9. The van der Waals surface area contributed by atoms with Gasteiger partial charge in [-0.15, -0.1) is 11.8 Å². The van der Waals surface area contributed by atoms with Crippen molar-refractivity contribution in [2.24, 2.45) is 5.92 Å². The standard InChI is InChI=1S/C27H29N3O4S/c1-34-20-3-4-22-21(15-20)17(9-13-28-22)6-10-27(33)11-7-18(8-12-27)26(32)29-19-2-5-24-23(14-19)30-25(31)16-35-24/h2-5,9,13-15,18,33H,6-8,10-12,16H2,1H3,(H,29,32)(H,30,31). The van der Waals surface area contributed by atoms with E-state index < -0.39 is 5.60 Å². The van der Waals surface area contributed by atoms with Crippen molar-refractivity contribution in [1.29, 1.82) is 0 Å². The van der Waals surface area contributed by atoms with Crippen molar-refractivity contribution in [3.05, 3.63) is 54.2 Å². The molecule has 0 radical (unpaired) electrons. The van der Waals surface area contributed by atoms with Crippen LogP contribution in [0.25, 0.3) is 10.9 Å². The number of rotatable bonds is 6. The second-order valence-electron chi connectivity index (χ2n) is 9.39. The number of fused-ring (bicyclic) bond motifs is 2. The maximum atomic E-state index is 12.9. The van der Waals surface area contributed by atoms with Crippen LogP contribution in [0.3, 0.4) is 0 Å². The maximum Gasteiger partial charge on any atom is 0.234 e. The minimum Gasteiger partial charge on any atom is -0.497 e. The molecule has 2 heterocycles. The number of pyridine rings is 1. The number of aliphatic hydroxyl groups is 1. The molecule has 3 N–H and O–H groups in total. The molecule has 3 aromatic rings. The van der Waals surface area contributed by atoms with E-state index in [1.165, 1.54) is 11.8 Å². The molecule has 0 spiro atoms. The molecule has 1 aliphatic heterocycles. The summed E-state index contributed by atoms with van der Waals surface area (Å²) in [6.07, 6.45) is 5.65. The van der Waals surface area contributed by atoms with E-state index in [-0.39, 0.29) is 17.7 Å². The first-order valence-electron chi connectivity index (χ1n) is 11.9. The molecule has 1 aromatic heterocycles. The monoisotopic (exact) mass is 491 g/mol. The Morgan fingerprint density at radius 3 is 2.86 bits per heavy atom.